The minimum Gasteiger partial charge on any atom is -0.343 e. The van der Waals surface area contributed by atoms with Crippen LogP contribution in [-0.4, -0.2) is 22.6 Å². The monoisotopic (exact) mass is 261 g/mol. The first-order chi connectivity index (χ1) is 9.15. The molecule has 0 aliphatic carbocycles. The molecule has 1 amide bonds. The molecule has 5 nitrogen and oxygen atoms in total. The molecule has 0 N–H and O–H groups in total. The van der Waals surface area contributed by atoms with E-state index in [1.807, 2.05) is 0 Å². The Morgan fingerprint density at radius 1 is 1.47 bits per heavy atom. The van der Waals surface area contributed by atoms with E-state index in [1.165, 1.54) is 12.5 Å². The number of amides is 1. The number of carbonyl (C=O) groups excluding carboxylic acids is 1. The molecule has 1 aliphatic rings. The zero-order valence-electron chi connectivity index (χ0n) is 10.3. The molecular formula is C13H12FN3O2. The number of benzene rings is 1. The number of aromatic nitrogens is 2. The third-order valence-corrected chi connectivity index (χ3v) is 3.34. The van der Waals surface area contributed by atoms with Gasteiger partial charge in [0.2, 0.25) is 12.3 Å². The summed E-state index contributed by atoms with van der Waals surface area (Å²) >= 11 is 0. The van der Waals surface area contributed by atoms with Crippen molar-refractivity contribution in [1.82, 2.24) is 10.1 Å². The second kappa shape index (κ2) is 4.46. The zero-order chi connectivity index (χ0) is 13.4. The second-order valence-electron chi connectivity index (χ2n) is 4.63. The number of nitrogens with zero attached hydrogens (tertiary/aromatic N) is 3. The predicted molar refractivity (Wildman–Crippen MR) is 65.1 cm³/mol. The number of hydrogen-bond donors (Lipinski definition) is 0. The van der Waals surface area contributed by atoms with Gasteiger partial charge in [-0.25, -0.2) is 4.39 Å². The standard InChI is InChI=1S/C13H12FN3O2/c1-8-2-3-10(5-11(8)14)17-6-9(4-12(17)18)13-15-7-19-16-13/h2-3,5,7,9H,4,6H2,1H3. The summed E-state index contributed by atoms with van der Waals surface area (Å²) in [5.74, 6) is 0.0467. The number of anilines is 1. The average molecular weight is 261 g/mol. The lowest BCUT2D eigenvalue weighted by atomic mass is 10.1. The van der Waals surface area contributed by atoms with Crippen molar-refractivity contribution in [2.24, 2.45) is 0 Å². The number of hydrogen-bond acceptors (Lipinski definition) is 4. The zero-order valence-corrected chi connectivity index (χ0v) is 10.3. The van der Waals surface area contributed by atoms with E-state index in [2.05, 4.69) is 14.7 Å². The van der Waals surface area contributed by atoms with Crippen LogP contribution in [0.2, 0.25) is 0 Å². The summed E-state index contributed by atoms with van der Waals surface area (Å²) in [7, 11) is 0. The number of aryl methyl sites for hydroxylation is 1. The Hall–Kier alpha value is -2.24. The molecule has 19 heavy (non-hydrogen) atoms. The second-order valence-corrected chi connectivity index (χ2v) is 4.63. The van der Waals surface area contributed by atoms with Crippen LogP contribution < -0.4 is 4.90 Å². The van der Waals surface area contributed by atoms with E-state index in [1.54, 1.807) is 24.0 Å². The van der Waals surface area contributed by atoms with Crippen molar-refractivity contribution in [3.8, 4) is 0 Å². The van der Waals surface area contributed by atoms with Crippen LogP contribution in [0.5, 0.6) is 0 Å². The van der Waals surface area contributed by atoms with Crippen molar-refractivity contribution < 1.29 is 13.7 Å². The molecule has 1 aromatic heterocycles. The Bertz CT molecular complexity index is 612. The molecule has 1 saturated heterocycles. The summed E-state index contributed by atoms with van der Waals surface area (Å²) in [5, 5.41) is 3.75. The fourth-order valence-corrected chi connectivity index (χ4v) is 2.24. The number of carbonyl (C=O) groups is 1. The lowest BCUT2D eigenvalue weighted by molar-refractivity contribution is -0.117. The van der Waals surface area contributed by atoms with Crippen LogP contribution in [-0.2, 0) is 4.79 Å². The van der Waals surface area contributed by atoms with E-state index in [0.717, 1.165) is 0 Å². The molecule has 98 valence electrons. The Kier molecular flexibility index (Phi) is 2.77. The number of halogens is 1. The van der Waals surface area contributed by atoms with Gasteiger partial charge in [0, 0.05) is 24.6 Å². The topological polar surface area (TPSA) is 59.2 Å². The van der Waals surface area contributed by atoms with Crippen LogP contribution >= 0.6 is 0 Å². The lowest BCUT2D eigenvalue weighted by Crippen LogP contribution is -2.24. The Morgan fingerprint density at radius 3 is 3.00 bits per heavy atom. The first-order valence-electron chi connectivity index (χ1n) is 5.98. The quantitative estimate of drug-likeness (QED) is 0.830. The fourth-order valence-electron chi connectivity index (χ4n) is 2.24. The molecule has 0 bridgehead atoms. The molecule has 2 aromatic rings. The maximum atomic E-state index is 13.6. The summed E-state index contributed by atoms with van der Waals surface area (Å²) in [5.41, 5.74) is 1.13. The maximum Gasteiger partial charge on any atom is 0.227 e. The minimum atomic E-state index is -0.312. The van der Waals surface area contributed by atoms with Crippen LogP contribution in [0, 0.1) is 12.7 Å². The molecule has 1 atom stereocenters. The van der Waals surface area contributed by atoms with Gasteiger partial charge in [0.05, 0.1) is 0 Å². The van der Waals surface area contributed by atoms with Crippen LogP contribution in [0.25, 0.3) is 0 Å². The van der Waals surface area contributed by atoms with Gasteiger partial charge < -0.3 is 9.42 Å². The summed E-state index contributed by atoms with van der Waals surface area (Å²) in [6, 6.07) is 4.79. The molecular weight excluding hydrogens is 249 g/mol. The van der Waals surface area contributed by atoms with Gasteiger partial charge in [0.25, 0.3) is 0 Å². The molecule has 1 fully saturated rings. The highest BCUT2D eigenvalue weighted by molar-refractivity contribution is 5.96. The largest absolute Gasteiger partial charge is 0.343 e. The van der Waals surface area contributed by atoms with Crippen molar-refractivity contribution in [2.75, 3.05) is 11.4 Å². The van der Waals surface area contributed by atoms with Crippen LogP contribution in [0.15, 0.2) is 29.1 Å². The molecule has 1 unspecified atom stereocenters. The van der Waals surface area contributed by atoms with E-state index in [9.17, 15) is 9.18 Å². The van der Waals surface area contributed by atoms with Gasteiger partial charge in [-0.3, -0.25) is 4.79 Å². The number of rotatable bonds is 2. The molecule has 0 radical (unpaired) electrons. The van der Waals surface area contributed by atoms with Crippen molar-refractivity contribution in [1.29, 1.82) is 0 Å². The van der Waals surface area contributed by atoms with E-state index < -0.39 is 0 Å². The van der Waals surface area contributed by atoms with Gasteiger partial charge in [-0.05, 0) is 24.6 Å². The first-order valence-corrected chi connectivity index (χ1v) is 5.98. The fraction of sp³-hybridized carbons (Fsp3) is 0.308. The Labute approximate surface area is 109 Å². The van der Waals surface area contributed by atoms with Crippen LogP contribution in [0.4, 0.5) is 10.1 Å². The molecule has 0 saturated carbocycles. The van der Waals surface area contributed by atoms with E-state index in [-0.39, 0.29) is 17.6 Å². The van der Waals surface area contributed by atoms with Gasteiger partial charge in [-0.2, -0.15) is 4.98 Å². The molecule has 6 heteroatoms. The Balaban J connectivity index is 1.86. The molecule has 1 aromatic carbocycles. The lowest BCUT2D eigenvalue weighted by Gasteiger charge is -2.16. The smallest absolute Gasteiger partial charge is 0.227 e. The molecule has 2 heterocycles. The van der Waals surface area contributed by atoms with Gasteiger partial charge >= 0.3 is 0 Å². The minimum absolute atomic E-state index is 0.0574. The maximum absolute atomic E-state index is 13.6. The van der Waals surface area contributed by atoms with Crippen molar-refractivity contribution >= 4 is 11.6 Å². The summed E-state index contributed by atoms with van der Waals surface area (Å²) < 4.78 is 18.2. The van der Waals surface area contributed by atoms with Gasteiger partial charge in [-0.1, -0.05) is 11.2 Å². The van der Waals surface area contributed by atoms with Crippen LogP contribution in [0.3, 0.4) is 0 Å². The third-order valence-electron chi connectivity index (χ3n) is 3.34. The normalized spacial score (nSPS) is 19.2. The van der Waals surface area contributed by atoms with Crippen molar-refractivity contribution in [3.05, 3.63) is 41.8 Å². The van der Waals surface area contributed by atoms with Crippen molar-refractivity contribution in [2.45, 2.75) is 19.3 Å². The highest BCUT2D eigenvalue weighted by Crippen LogP contribution is 2.30. The SMILES string of the molecule is Cc1ccc(N2CC(c3ncon3)CC2=O)cc1F. The van der Waals surface area contributed by atoms with E-state index >= 15 is 0 Å². The first kappa shape index (κ1) is 11.8. The summed E-state index contributed by atoms with van der Waals surface area (Å²) in [6.45, 7) is 2.13. The molecule has 3 rings (SSSR count). The molecule has 1 aliphatic heterocycles. The third kappa shape index (κ3) is 2.09. The predicted octanol–water partition coefficient (Wildman–Crippen LogP) is 2.04. The van der Waals surface area contributed by atoms with Gasteiger partial charge in [0.1, 0.15) is 5.82 Å². The average Bonchev–Trinajstić information content (AvgIpc) is 3.01. The molecule has 0 spiro atoms. The van der Waals surface area contributed by atoms with Gasteiger partial charge in [-0.15, -0.1) is 0 Å². The highest BCUT2D eigenvalue weighted by atomic mass is 19.1. The summed E-state index contributed by atoms with van der Waals surface area (Å²) in [4.78, 5) is 17.5. The van der Waals surface area contributed by atoms with E-state index in [4.69, 9.17) is 0 Å². The van der Waals surface area contributed by atoms with Crippen LogP contribution in [0.1, 0.15) is 23.7 Å². The van der Waals surface area contributed by atoms with Crippen molar-refractivity contribution in [3.63, 3.8) is 0 Å². The van der Waals surface area contributed by atoms with Gasteiger partial charge in [0.15, 0.2) is 5.82 Å². The highest BCUT2D eigenvalue weighted by Gasteiger charge is 2.34. The Morgan fingerprint density at radius 2 is 2.32 bits per heavy atom. The van der Waals surface area contributed by atoms with E-state index in [0.29, 0.717) is 30.0 Å². The summed E-state index contributed by atoms with van der Waals surface area (Å²) in [6.07, 6.45) is 1.56.